The molecule has 4 aliphatic rings. The van der Waals surface area contributed by atoms with Crippen LogP contribution < -0.4 is 4.57 Å². The predicted molar refractivity (Wildman–Crippen MR) is 156 cm³/mol. The average molecular weight is 499 g/mol. The Hall–Kier alpha value is -1.63. The molecule has 200 valence electrons. The van der Waals surface area contributed by atoms with Crippen LogP contribution in [0.25, 0.3) is 10.8 Å². The maximum Gasteiger partial charge on any atom is 0.176 e. The number of hydrogen-bond donors (Lipinski definition) is 0. The highest BCUT2D eigenvalue weighted by Crippen LogP contribution is 2.67. The smallest absolute Gasteiger partial charge is 0.176 e. The van der Waals surface area contributed by atoms with Crippen molar-refractivity contribution >= 4 is 10.8 Å². The van der Waals surface area contributed by atoms with E-state index in [1.807, 2.05) is 5.57 Å². The van der Waals surface area contributed by atoms with Crippen LogP contribution in [0, 0.1) is 46.3 Å². The lowest BCUT2D eigenvalue weighted by molar-refractivity contribution is -0.723. The number of aromatic nitrogens is 1. The predicted octanol–water partition coefficient (Wildman–Crippen LogP) is 9.71. The third-order valence-electron chi connectivity index (χ3n) is 12.4. The molecule has 0 bridgehead atoms. The number of benzene rings is 1. The summed E-state index contributed by atoms with van der Waals surface area (Å²) in [5, 5.41) is 2.73. The average Bonchev–Trinajstić information content (AvgIpc) is 3.25. The minimum Gasteiger partial charge on any atom is -0.202 e. The van der Waals surface area contributed by atoms with Gasteiger partial charge in [-0.3, -0.25) is 0 Å². The van der Waals surface area contributed by atoms with Gasteiger partial charge in [0.2, 0.25) is 0 Å². The second-order valence-corrected chi connectivity index (χ2v) is 14.7. The summed E-state index contributed by atoms with van der Waals surface area (Å²) >= 11 is 0. The summed E-state index contributed by atoms with van der Waals surface area (Å²) in [6.45, 7) is 12.8. The molecule has 1 heterocycles. The summed E-state index contributed by atoms with van der Waals surface area (Å²) < 4.78 is 2.54. The zero-order chi connectivity index (χ0) is 25.8. The SMILES string of the molecule is CC(C)CCC[C@H](C)[C@H]1CC[C@H]2[C@@H]3CC=C4C[C@@H]([n+]5ccc6ccccc6c5)CC[C@]4(C)[C@H]3CC[C@]12C. The first kappa shape index (κ1) is 25.6. The van der Waals surface area contributed by atoms with Crippen molar-refractivity contribution in [1.82, 2.24) is 0 Å². The van der Waals surface area contributed by atoms with E-state index in [1.165, 1.54) is 81.4 Å². The Bertz CT molecular complexity index is 1140. The number of pyridine rings is 1. The topological polar surface area (TPSA) is 3.88 Å². The highest BCUT2D eigenvalue weighted by Gasteiger charge is 2.59. The van der Waals surface area contributed by atoms with Crippen LogP contribution in [0.15, 0.2) is 54.4 Å². The first-order chi connectivity index (χ1) is 17.8. The van der Waals surface area contributed by atoms with E-state index < -0.39 is 0 Å². The highest BCUT2D eigenvalue weighted by atomic mass is 15.0. The van der Waals surface area contributed by atoms with Crippen molar-refractivity contribution < 1.29 is 4.57 Å². The van der Waals surface area contributed by atoms with Crippen LogP contribution in [0.2, 0.25) is 0 Å². The molecule has 37 heavy (non-hydrogen) atoms. The molecule has 1 heteroatoms. The molecule has 0 N–H and O–H groups in total. The molecule has 3 saturated carbocycles. The maximum absolute atomic E-state index is 2.76. The molecule has 0 radical (unpaired) electrons. The van der Waals surface area contributed by atoms with Gasteiger partial charge in [-0.1, -0.05) is 83.7 Å². The summed E-state index contributed by atoms with van der Waals surface area (Å²) in [7, 11) is 0. The second kappa shape index (κ2) is 9.84. The Balaban J connectivity index is 1.18. The normalized spacial score (nSPS) is 38.1. The molecule has 0 unspecified atom stereocenters. The van der Waals surface area contributed by atoms with E-state index in [0.717, 1.165) is 35.5 Å². The molecule has 1 aromatic carbocycles. The van der Waals surface area contributed by atoms with Crippen LogP contribution in [0.3, 0.4) is 0 Å². The second-order valence-electron chi connectivity index (χ2n) is 14.7. The van der Waals surface area contributed by atoms with Gasteiger partial charge >= 0.3 is 0 Å². The van der Waals surface area contributed by atoms with Crippen LogP contribution in [-0.4, -0.2) is 0 Å². The van der Waals surface area contributed by atoms with Gasteiger partial charge < -0.3 is 0 Å². The number of rotatable bonds is 6. The van der Waals surface area contributed by atoms with E-state index in [9.17, 15) is 0 Å². The Morgan fingerprint density at radius 2 is 1.70 bits per heavy atom. The molecule has 6 rings (SSSR count). The van der Waals surface area contributed by atoms with Crippen LogP contribution in [0.1, 0.15) is 111 Å². The summed E-state index contributed by atoms with van der Waals surface area (Å²) in [4.78, 5) is 0. The van der Waals surface area contributed by atoms with Crippen molar-refractivity contribution in [3.8, 4) is 0 Å². The highest BCUT2D eigenvalue weighted by molar-refractivity contribution is 5.80. The molecule has 0 amide bonds. The van der Waals surface area contributed by atoms with Gasteiger partial charge in [-0.15, -0.1) is 0 Å². The summed E-state index contributed by atoms with van der Waals surface area (Å²) in [6, 6.07) is 11.8. The monoisotopic (exact) mass is 498 g/mol. The van der Waals surface area contributed by atoms with Crippen molar-refractivity contribution in [3.05, 3.63) is 54.4 Å². The Morgan fingerprint density at radius 3 is 2.51 bits per heavy atom. The third-order valence-corrected chi connectivity index (χ3v) is 12.4. The summed E-state index contributed by atoms with van der Waals surface area (Å²) in [5.74, 6) is 5.54. The van der Waals surface area contributed by atoms with Crippen molar-refractivity contribution in [1.29, 1.82) is 0 Å². The number of nitrogens with zero attached hydrogens (tertiary/aromatic N) is 1. The van der Waals surface area contributed by atoms with E-state index in [1.54, 1.807) is 0 Å². The van der Waals surface area contributed by atoms with E-state index in [-0.39, 0.29) is 0 Å². The fourth-order valence-electron chi connectivity index (χ4n) is 10.3. The summed E-state index contributed by atoms with van der Waals surface area (Å²) in [5.41, 5.74) is 2.85. The molecule has 1 nitrogen and oxygen atoms in total. The Morgan fingerprint density at radius 1 is 0.892 bits per heavy atom. The molecule has 1 aromatic heterocycles. The Labute approximate surface area is 227 Å². The molecular formula is C36H52N+. The summed E-state index contributed by atoms with van der Waals surface area (Å²) in [6.07, 6.45) is 23.1. The molecule has 4 aliphatic carbocycles. The Kier molecular flexibility index (Phi) is 6.82. The van der Waals surface area contributed by atoms with E-state index in [0.29, 0.717) is 16.9 Å². The van der Waals surface area contributed by atoms with Crippen LogP contribution >= 0.6 is 0 Å². The van der Waals surface area contributed by atoms with Crippen molar-refractivity contribution in [2.75, 3.05) is 0 Å². The molecule has 2 aromatic rings. The zero-order valence-corrected chi connectivity index (χ0v) is 24.4. The molecule has 3 fully saturated rings. The van der Waals surface area contributed by atoms with Gasteiger partial charge in [-0.25, -0.2) is 4.57 Å². The van der Waals surface area contributed by atoms with Gasteiger partial charge in [-0.2, -0.15) is 0 Å². The van der Waals surface area contributed by atoms with Crippen LogP contribution in [0.4, 0.5) is 0 Å². The fraction of sp³-hybridized carbons (Fsp3) is 0.694. The van der Waals surface area contributed by atoms with Crippen molar-refractivity contribution in [3.63, 3.8) is 0 Å². The number of fused-ring (bicyclic) bond motifs is 6. The van der Waals surface area contributed by atoms with Crippen molar-refractivity contribution in [2.24, 2.45) is 46.3 Å². The third kappa shape index (κ3) is 4.41. The lowest BCUT2D eigenvalue weighted by Crippen LogP contribution is -2.52. The minimum absolute atomic E-state index is 0.444. The van der Waals surface area contributed by atoms with Gasteiger partial charge in [-0.05, 0) is 96.3 Å². The quantitative estimate of drug-likeness (QED) is 0.276. The lowest BCUT2D eigenvalue weighted by atomic mass is 9.47. The standard InChI is InChI=1S/C36H52N/c1-25(2)9-8-10-26(3)32-15-16-33-31-14-13-29-23-30(37-22-19-27-11-6-7-12-28(27)24-37)17-20-35(29,4)34(31)18-21-36(32,33)5/h6-7,11-13,19,22,24-26,30-34H,8-10,14-18,20-21,23H2,1-5H3/q+1/t26-,30-,31-,32+,33-,34-,35-,36+/m0/s1. The van der Waals surface area contributed by atoms with Gasteiger partial charge in [0, 0.05) is 24.3 Å². The van der Waals surface area contributed by atoms with E-state index >= 15 is 0 Å². The first-order valence-electron chi connectivity index (χ1n) is 15.9. The van der Waals surface area contributed by atoms with Crippen molar-refractivity contribution in [2.45, 2.75) is 111 Å². The van der Waals surface area contributed by atoms with Crippen LogP contribution in [0.5, 0.6) is 0 Å². The van der Waals surface area contributed by atoms with Gasteiger partial charge in [0.05, 0.1) is 0 Å². The largest absolute Gasteiger partial charge is 0.202 e. The van der Waals surface area contributed by atoms with Gasteiger partial charge in [0.25, 0.3) is 0 Å². The molecule has 0 saturated heterocycles. The molecule has 0 spiro atoms. The van der Waals surface area contributed by atoms with E-state index in [2.05, 4.69) is 88.0 Å². The number of allylic oxidation sites excluding steroid dienone is 2. The maximum atomic E-state index is 2.76. The van der Waals surface area contributed by atoms with Gasteiger partial charge in [0.15, 0.2) is 18.4 Å². The molecular weight excluding hydrogens is 446 g/mol. The molecule has 0 aliphatic heterocycles. The fourth-order valence-corrected chi connectivity index (χ4v) is 10.3. The lowest BCUT2D eigenvalue weighted by Gasteiger charge is -2.58. The number of hydrogen-bond acceptors (Lipinski definition) is 0. The minimum atomic E-state index is 0.444. The first-order valence-corrected chi connectivity index (χ1v) is 15.9. The zero-order valence-electron chi connectivity index (χ0n) is 24.4. The molecule has 8 atom stereocenters. The van der Waals surface area contributed by atoms with E-state index in [4.69, 9.17) is 0 Å². The van der Waals surface area contributed by atoms with Crippen LogP contribution in [-0.2, 0) is 0 Å². The van der Waals surface area contributed by atoms with Gasteiger partial charge in [0.1, 0.15) is 0 Å².